The van der Waals surface area contributed by atoms with Crippen molar-refractivity contribution in [2.75, 3.05) is 33.8 Å². The van der Waals surface area contributed by atoms with E-state index in [1.807, 2.05) is 0 Å². The van der Waals surface area contributed by atoms with Gasteiger partial charge in [-0.15, -0.1) is 0 Å². The van der Waals surface area contributed by atoms with Gasteiger partial charge in [-0.1, -0.05) is 0 Å². The highest BCUT2D eigenvalue weighted by molar-refractivity contribution is 5.73. The maximum absolute atomic E-state index is 10.9. The second kappa shape index (κ2) is 5.61. The van der Waals surface area contributed by atoms with E-state index in [1.165, 1.54) is 0 Å². The Morgan fingerprint density at radius 1 is 1.69 bits per heavy atom. The molecule has 1 rings (SSSR count). The van der Waals surface area contributed by atoms with E-state index >= 15 is 0 Å². The average molecular weight is 230 g/mol. The van der Waals surface area contributed by atoms with Crippen molar-refractivity contribution in [2.24, 2.45) is 0 Å². The van der Waals surface area contributed by atoms with Crippen molar-refractivity contribution in [1.82, 2.24) is 10.2 Å². The van der Waals surface area contributed by atoms with Crippen LogP contribution >= 0.6 is 0 Å². The molecule has 1 aliphatic rings. The lowest BCUT2D eigenvalue weighted by Crippen LogP contribution is -2.52. The van der Waals surface area contributed by atoms with Crippen molar-refractivity contribution in [3.63, 3.8) is 0 Å². The van der Waals surface area contributed by atoms with Gasteiger partial charge in [0.2, 0.25) is 0 Å². The van der Waals surface area contributed by atoms with Gasteiger partial charge in [0.05, 0.1) is 5.60 Å². The second-order valence-electron chi connectivity index (χ2n) is 4.67. The van der Waals surface area contributed by atoms with Gasteiger partial charge in [-0.05, 0) is 33.4 Å². The number of piperidine rings is 1. The first kappa shape index (κ1) is 13.4. The fourth-order valence-corrected chi connectivity index (χ4v) is 2.18. The zero-order valence-electron chi connectivity index (χ0n) is 10.3. The Kier molecular flexibility index (Phi) is 4.70. The molecule has 2 N–H and O–H groups in total. The first-order valence-electron chi connectivity index (χ1n) is 5.68. The summed E-state index contributed by atoms with van der Waals surface area (Å²) in [4.78, 5) is 13.1. The minimum atomic E-state index is -0.799. The summed E-state index contributed by atoms with van der Waals surface area (Å²) in [6.07, 6.45) is 2.09. The third-order valence-electron chi connectivity index (χ3n) is 3.32. The van der Waals surface area contributed by atoms with Crippen LogP contribution in [0.3, 0.4) is 0 Å². The normalized spacial score (nSPS) is 28.9. The van der Waals surface area contributed by atoms with Crippen LogP contribution in [0.5, 0.6) is 0 Å². The van der Waals surface area contributed by atoms with E-state index in [0.717, 1.165) is 25.9 Å². The van der Waals surface area contributed by atoms with Crippen LogP contribution in [-0.2, 0) is 9.53 Å². The van der Waals surface area contributed by atoms with Gasteiger partial charge in [-0.25, -0.2) is 0 Å². The van der Waals surface area contributed by atoms with E-state index in [4.69, 9.17) is 9.84 Å². The zero-order chi connectivity index (χ0) is 12.2. The van der Waals surface area contributed by atoms with E-state index < -0.39 is 12.0 Å². The highest BCUT2D eigenvalue weighted by Crippen LogP contribution is 2.23. The smallest absolute Gasteiger partial charge is 0.322 e. The summed E-state index contributed by atoms with van der Waals surface area (Å²) in [7, 11) is 3.40. The molecule has 0 spiro atoms. The minimum Gasteiger partial charge on any atom is -0.480 e. The number of hydrogen-bond donors (Lipinski definition) is 2. The minimum absolute atomic E-state index is 0.130. The highest BCUT2D eigenvalue weighted by atomic mass is 16.5. The molecule has 0 aliphatic carbocycles. The Hall–Kier alpha value is -0.650. The van der Waals surface area contributed by atoms with Crippen molar-refractivity contribution in [3.05, 3.63) is 0 Å². The number of carboxylic acids is 1. The summed E-state index contributed by atoms with van der Waals surface area (Å²) >= 11 is 0. The molecule has 1 heterocycles. The molecule has 1 aliphatic heterocycles. The number of hydrogen-bond acceptors (Lipinski definition) is 4. The van der Waals surface area contributed by atoms with Gasteiger partial charge < -0.3 is 15.2 Å². The highest BCUT2D eigenvalue weighted by Gasteiger charge is 2.32. The van der Waals surface area contributed by atoms with Crippen LogP contribution in [0.25, 0.3) is 0 Å². The Morgan fingerprint density at radius 2 is 2.38 bits per heavy atom. The van der Waals surface area contributed by atoms with Crippen LogP contribution in [0.1, 0.15) is 19.8 Å². The van der Waals surface area contributed by atoms with Gasteiger partial charge in [0, 0.05) is 20.2 Å². The molecule has 0 aromatic rings. The fourth-order valence-electron chi connectivity index (χ4n) is 2.18. The molecule has 0 aromatic carbocycles. The number of ether oxygens (including phenoxy) is 1. The molecule has 5 nitrogen and oxygen atoms in total. The van der Waals surface area contributed by atoms with Crippen molar-refractivity contribution in [1.29, 1.82) is 0 Å². The number of carbonyl (C=O) groups is 1. The maximum atomic E-state index is 10.9. The molecule has 0 bridgehead atoms. The quantitative estimate of drug-likeness (QED) is 0.704. The summed E-state index contributed by atoms with van der Waals surface area (Å²) in [6.45, 7) is 4.36. The van der Waals surface area contributed by atoms with Crippen molar-refractivity contribution in [3.8, 4) is 0 Å². The van der Waals surface area contributed by atoms with Crippen LogP contribution < -0.4 is 5.32 Å². The van der Waals surface area contributed by atoms with Crippen LogP contribution in [-0.4, -0.2) is 61.4 Å². The van der Waals surface area contributed by atoms with Gasteiger partial charge in [0.15, 0.2) is 0 Å². The lowest BCUT2D eigenvalue weighted by Gasteiger charge is -2.40. The predicted molar refractivity (Wildman–Crippen MR) is 61.6 cm³/mol. The monoisotopic (exact) mass is 230 g/mol. The Bertz CT molecular complexity index is 247. The Labute approximate surface area is 96.8 Å². The lowest BCUT2D eigenvalue weighted by molar-refractivity contribution is -0.140. The number of rotatable bonds is 5. The number of aliphatic carboxylic acids is 1. The molecule has 2 atom stereocenters. The Morgan fingerprint density at radius 3 is 2.88 bits per heavy atom. The van der Waals surface area contributed by atoms with Gasteiger partial charge >= 0.3 is 5.97 Å². The summed E-state index contributed by atoms with van der Waals surface area (Å²) in [5.74, 6) is -0.799. The number of nitrogens with one attached hydrogen (secondary N) is 1. The maximum Gasteiger partial charge on any atom is 0.322 e. The molecule has 0 aromatic heterocycles. The second-order valence-corrected chi connectivity index (χ2v) is 4.67. The molecule has 0 amide bonds. The van der Waals surface area contributed by atoms with E-state index in [-0.39, 0.29) is 5.60 Å². The van der Waals surface area contributed by atoms with Crippen LogP contribution in [0, 0.1) is 0 Å². The molecular weight excluding hydrogens is 208 g/mol. The standard InChI is InChI=1S/C11H22N2O3/c1-11(16-3)5-4-6-13(8-11)7-9(12-2)10(14)15/h9,12H,4-8H2,1-3H3,(H,14,15). The first-order chi connectivity index (χ1) is 7.50. The lowest BCUT2D eigenvalue weighted by atomic mass is 9.94. The molecule has 94 valence electrons. The van der Waals surface area contributed by atoms with Crippen molar-refractivity contribution < 1.29 is 14.6 Å². The number of carboxylic acid groups (broad SMARTS) is 1. The summed E-state index contributed by atoms with van der Waals surface area (Å²) in [5, 5.41) is 11.8. The van der Waals surface area contributed by atoms with Crippen LogP contribution in [0.15, 0.2) is 0 Å². The summed E-state index contributed by atoms with van der Waals surface area (Å²) in [5.41, 5.74) is -0.130. The molecule has 0 radical (unpaired) electrons. The molecule has 5 heteroatoms. The van der Waals surface area contributed by atoms with E-state index in [9.17, 15) is 4.79 Å². The van der Waals surface area contributed by atoms with Gasteiger partial charge in [0.25, 0.3) is 0 Å². The first-order valence-corrected chi connectivity index (χ1v) is 5.68. The van der Waals surface area contributed by atoms with Gasteiger partial charge in [-0.3, -0.25) is 9.69 Å². The largest absolute Gasteiger partial charge is 0.480 e. The fraction of sp³-hybridized carbons (Fsp3) is 0.909. The third kappa shape index (κ3) is 3.43. The van der Waals surface area contributed by atoms with E-state index in [0.29, 0.717) is 6.54 Å². The number of likely N-dealkylation sites (N-methyl/N-ethyl adjacent to an activating group) is 1. The number of nitrogens with zero attached hydrogens (tertiary/aromatic N) is 1. The molecule has 0 saturated carbocycles. The number of likely N-dealkylation sites (tertiary alicyclic amines) is 1. The molecule has 1 saturated heterocycles. The van der Waals surface area contributed by atoms with Crippen molar-refractivity contribution >= 4 is 5.97 Å². The zero-order valence-corrected chi connectivity index (χ0v) is 10.3. The number of methoxy groups -OCH3 is 1. The summed E-state index contributed by atoms with van der Waals surface area (Å²) < 4.78 is 5.48. The SMILES string of the molecule is CNC(CN1CCCC(C)(OC)C1)C(=O)O. The molecule has 2 unspecified atom stereocenters. The van der Waals surface area contributed by atoms with Gasteiger partial charge in [-0.2, -0.15) is 0 Å². The van der Waals surface area contributed by atoms with Crippen molar-refractivity contribution in [2.45, 2.75) is 31.4 Å². The topological polar surface area (TPSA) is 61.8 Å². The third-order valence-corrected chi connectivity index (χ3v) is 3.32. The van der Waals surface area contributed by atoms with Gasteiger partial charge in [0.1, 0.15) is 6.04 Å². The molecular formula is C11H22N2O3. The Balaban J connectivity index is 2.51. The molecule has 1 fully saturated rings. The summed E-state index contributed by atoms with van der Waals surface area (Å²) in [6, 6.07) is -0.501. The van der Waals surface area contributed by atoms with Crippen LogP contribution in [0.4, 0.5) is 0 Å². The van der Waals surface area contributed by atoms with E-state index in [1.54, 1.807) is 14.2 Å². The average Bonchev–Trinajstić information content (AvgIpc) is 2.25. The van der Waals surface area contributed by atoms with E-state index in [2.05, 4.69) is 17.1 Å². The van der Waals surface area contributed by atoms with Crippen LogP contribution in [0.2, 0.25) is 0 Å². The molecule has 16 heavy (non-hydrogen) atoms. The predicted octanol–water partition coefficient (Wildman–Crippen LogP) is 0.160.